The zero-order chi connectivity index (χ0) is 17.2. The van der Waals surface area contributed by atoms with Crippen LogP contribution >= 0.6 is 0 Å². The van der Waals surface area contributed by atoms with Crippen molar-refractivity contribution in [2.45, 2.75) is 19.9 Å². The first-order chi connectivity index (χ1) is 10.9. The molecular formula is C18H31N3O2. The maximum atomic E-state index is 12.1. The average Bonchev–Trinajstić information content (AvgIpc) is 2.52. The molecule has 23 heavy (non-hydrogen) atoms. The molecule has 0 heterocycles. The lowest BCUT2D eigenvalue weighted by atomic mass is 10.2. The molecule has 0 aliphatic carbocycles. The van der Waals surface area contributed by atoms with Gasteiger partial charge in [-0.2, -0.15) is 0 Å². The quantitative estimate of drug-likeness (QED) is 0.617. The van der Waals surface area contributed by atoms with Crippen molar-refractivity contribution in [3.8, 4) is 5.75 Å². The third kappa shape index (κ3) is 8.00. The number of ether oxygens (including phenoxy) is 1. The van der Waals surface area contributed by atoms with Crippen molar-refractivity contribution in [2.24, 2.45) is 0 Å². The van der Waals surface area contributed by atoms with Gasteiger partial charge < -0.3 is 14.5 Å². The van der Waals surface area contributed by atoms with Crippen LogP contribution in [0.4, 0.5) is 0 Å². The predicted molar refractivity (Wildman–Crippen MR) is 94.8 cm³/mol. The van der Waals surface area contributed by atoms with Crippen molar-refractivity contribution in [1.29, 1.82) is 0 Å². The van der Waals surface area contributed by atoms with Crippen LogP contribution in [0.5, 0.6) is 5.75 Å². The van der Waals surface area contributed by atoms with Crippen molar-refractivity contribution in [3.63, 3.8) is 0 Å². The van der Waals surface area contributed by atoms with Gasteiger partial charge in [0.15, 0.2) is 0 Å². The van der Waals surface area contributed by atoms with Gasteiger partial charge in [-0.1, -0.05) is 19.1 Å². The fraction of sp³-hybridized carbons (Fsp3) is 0.611. The summed E-state index contributed by atoms with van der Waals surface area (Å²) >= 11 is 0. The van der Waals surface area contributed by atoms with Gasteiger partial charge in [-0.3, -0.25) is 9.69 Å². The smallest absolute Gasteiger partial charge is 0.236 e. The van der Waals surface area contributed by atoms with Crippen LogP contribution in [0.15, 0.2) is 24.3 Å². The summed E-state index contributed by atoms with van der Waals surface area (Å²) in [6.45, 7) is 5.75. The molecule has 0 spiro atoms. The summed E-state index contributed by atoms with van der Waals surface area (Å²) in [4.78, 5) is 18.0. The minimum atomic E-state index is 0.137. The first kappa shape index (κ1) is 19.5. The molecule has 0 N–H and O–H groups in total. The van der Waals surface area contributed by atoms with Gasteiger partial charge in [0.2, 0.25) is 5.91 Å². The molecule has 0 aliphatic rings. The van der Waals surface area contributed by atoms with Gasteiger partial charge in [0.1, 0.15) is 5.75 Å². The third-order valence-electron chi connectivity index (χ3n) is 3.73. The Labute approximate surface area is 140 Å². The van der Waals surface area contributed by atoms with E-state index in [1.165, 1.54) is 0 Å². The number of rotatable bonds is 10. The number of hydrogen-bond acceptors (Lipinski definition) is 4. The molecule has 130 valence electrons. The lowest BCUT2D eigenvalue weighted by Gasteiger charge is -2.21. The Morgan fingerprint density at radius 1 is 1.09 bits per heavy atom. The van der Waals surface area contributed by atoms with Gasteiger partial charge in [0.25, 0.3) is 0 Å². The molecule has 1 aromatic rings. The van der Waals surface area contributed by atoms with Crippen molar-refractivity contribution < 1.29 is 9.53 Å². The molecule has 5 nitrogen and oxygen atoms in total. The summed E-state index contributed by atoms with van der Waals surface area (Å²) in [7, 11) is 7.92. The van der Waals surface area contributed by atoms with Crippen LogP contribution in [0.25, 0.3) is 0 Å². The number of amides is 1. The van der Waals surface area contributed by atoms with Crippen LogP contribution in [0.1, 0.15) is 18.9 Å². The number of hydrogen-bond donors (Lipinski definition) is 0. The van der Waals surface area contributed by atoms with E-state index in [1.807, 2.05) is 50.2 Å². The Morgan fingerprint density at radius 2 is 1.74 bits per heavy atom. The minimum absolute atomic E-state index is 0.137. The van der Waals surface area contributed by atoms with Crippen LogP contribution < -0.4 is 4.74 Å². The molecule has 1 amide bonds. The SMILES string of the molecule is CCN(C)CC(=O)N(C)Cc1ccc(OCCCN(C)C)cc1. The number of carbonyl (C=O) groups excluding carboxylic acids is 1. The van der Waals surface area contributed by atoms with E-state index >= 15 is 0 Å². The third-order valence-corrected chi connectivity index (χ3v) is 3.73. The molecular weight excluding hydrogens is 290 g/mol. The van der Waals surface area contributed by atoms with E-state index in [9.17, 15) is 4.79 Å². The number of likely N-dealkylation sites (N-methyl/N-ethyl adjacent to an activating group) is 2. The maximum Gasteiger partial charge on any atom is 0.236 e. The molecule has 0 radical (unpaired) electrons. The highest BCUT2D eigenvalue weighted by molar-refractivity contribution is 5.77. The van der Waals surface area contributed by atoms with E-state index in [4.69, 9.17) is 4.74 Å². The summed E-state index contributed by atoms with van der Waals surface area (Å²) in [5.74, 6) is 1.02. The molecule has 0 saturated carbocycles. The molecule has 0 fully saturated rings. The summed E-state index contributed by atoms with van der Waals surface area (Å²) < 4.78 is 5.72. The van der Waals surface area contributed by atoms with E-state index in [0.717, 1.165) is 37.4 Å². The van der Waals surface area contributed by atoms with Crippen LogP contribution in [0, 0.1) is 0 Å². The monoisotopic (exact) mass is 321 g/mol. The number of carbonyl (C=O) groups is 1. The molecule has 0 unspecified atom stereocenters. The Morgan fingerprint density at radius 3 is 2.30 bits per heavy atom. The normalized spacial score (nSPS) is 11.1. The van der Waals surface area contributed by atoms with Crippen molar-refractivity contribution >= 4 is 5.91 Å². The number of nitrogens with zero attached hydrogens (tertiary/aromatic N) is 3. The topological polar surface area (TPSA) is 36.0 Å². The highest BCUT2D eigenvalue weighted by Crippen LogP contribution is 2.13. The Bertz CT molecular complexity index is 460. The summed E-state index contributed by atoms with van der Waals surface area (Å²) in [6.07, 6.45) is 1.01. The standard InChI is InChI=1S/C18H31N3O2/c1-6-20(4)15-18(22)21(5)14-16-8-10-17(11-9-16)23-13-7-12-19(2)3/h8-11H,6-7,12-15H2,1-5H3. The Balaban J connectivity index is 2.39. The lowest BCUT2D eigenvalue weighted by molar-refractivity contribution is -0.131. The molecule has 5 heteroatoms. The fourth-order valence-electron chi connectivity index (χ4n) is 2.09. The summed E-state index contributed by atoms with van der Waals surface area (Å²) in [6, 6.07) is 7.99. The zero-order valence-corrected chi connectivity index (χ0v) is 15.2. The molecule has 1 aromatic carbocycles. The van der Waals surface area contributed by atoms with Crippen molar-refractivity contribution in [3.05, 3.63) is 29.8 Å². The van der Waals surface area contributed by atoms with Crippen molar-refractivity contribution in [1.82, 2.24) is 14.7 Å². The van der Waals surface area contributed by atoms with E-state index in [-0.39, 0.29) is 5.91 Å². The molecule has 0 aliphatic heterocycles. The zero-order valence-electron chi connectivity index (χ0n) is 15.2. The second kappa shape index (κ2) is 10.2. The van der Waals surface area contributed by atoms with Crippen molar-refractivity contribution in [2.75, 3.05) is 54.4 Å². The summed E-state index contributed by atoms with van der Waals surface area (Å²) in [5.41, 5.74) is 1.11. The Kier molecular flexibility index (Phi) is 8.66. The maximum absolute atomic E-state index is 12.1. The molecule has 0 saturated heterocycles. The highest BCUT2D eigenvalue weighted by Gasteiger charge is 2.11. The summed E-state index contributed by atoms with van der Waals surface area (Å²) in [5, 5.41) is 0. The van der Waals surface area contributed by atoms with Crippen LogP contribution in [0.3, 0.4) is 0 Å². The van der Waals surface area contributed by atoms with Gasteiger partial charge in [-0.05, 0) is 51.8 Å². The first-order valence-corrected chi connectivity index (χ1v) is 8.21. The first-order valence-electron chi connectivity index (χ1n) is 8.21. The minimum Gasteiger partial charge on any atom is -0.494 e. The van der Waals surface area contributed by atoms with Crippen LogP contribution in [-0.2, 0) is 11.3 Å². The van der Waals surface area contributed by atoms with Gasteiger partial charge in [0.05, 0.1) is 13.2 Å². The van der Waals surface area contributed by atoms with Gasteiger partial charge in [-0.25, -0.2) is 0 Å². The second-order valence-electron chi connectivity index (χ2n) is 6.23. The molecule has 0 aromatic heterocycles. The van der Waals surface area contributed by atoms with Crippen LogP contribution in [0.2, 0.25) is 0 Å². The molecule has 1 rings (SSSR count). The van der Waals surface area contributed by atoms with Crippen LogP contribution in [-0.4, -0.2) is 75.0 Å². The van der Waals surface area contributed by atoms with Gasteiger partial charge >= 0.3 is 0 Å². The van der Waals surface area contributed by atoms with E-state index in [1.54, 1.807) is 4.90 Å². The van der Waals surface area contributed by atoms with Gasteiger partial charge in [0, 0.05) is 20.1 Å². The van der Waals surface area contributed by atoms with E-state index in [0.29, 0.717) is 13.1 Å². The fourth-order valence-corrected chi connectivity index (χ4v) is 2.09. The molecule has 0 bridgehead atoms. The molecule has 0 atom stereocenters. The second-order valence-corrected chi connectivity index (χ2v) is 6.23. The predicted octanol–water partition coefficient (Wildman–Crippen LogP) is 1.93. The van der Waals surface area contributed by atoms with E-state index < -0.39 is 0 Å². The average molecular weight is 321 g/mol. The highest BCUT2D eigenvalue weighted by atomic mass is 16.5. The Hall–Kier alpha value is -1.59. The van der Waals surface area contributed by atoms with E-state index in [2.05, 4.69) is 19.0 Å². The van der Waals surface area contributed by atoms with Gasteiger partial charge in [-0.15, -0.1) is 0 Å². The lowest BCUT2D eigenvalue weighted by Crippen LogP contribution is -2.36. The number of benzene rings is 1. The largest absolute Gasteiger partial charge is 0.494 e.